The average Bonchev–Trinajstić information content (AvgIpc) is 2.74. The van der Waals surface area contributed by atoms with Crippen LogP contribution in [0.2, 0.25) is 0 Å². The molecule has 1 unspecified atom stereocenters. The van der Waals surface area contributed by atoms with E-state index in [9.17, 15) is 4.79 Å². The molecule has 3 N–H and O–H groups in total. The van der Waals surface area contributed by atoms with Crippen molar-refractivity contribution in [3.05, 3.63) is 0 Å². The van der Waals surface area contributed by atoms with Crippen molar-refractivity contribution in [2.24, 2.45) is 0 Å². The molecule has 92 valence electrons. The number of hydrogen-bond donors (Lipinski definition) is 3. The van der Waals surface area contributed by atoms with Crippen molar-refractivity contribution in [1.82, 2.24) is 20.3 Å². The predicted octanol–water partition coefficient (Wildman–Crippen LogP) is -0.778. The van der Waals surface area contributed by atoms with Gasteiger partial charge in [-0.25, -0.2) is 0 Å². The van der Waals surface area contributed by atoms with Crippen LogP contribution in [0.1, 0.15) is 6.42 Å². The standard InChI is InChI=1S/C9H14N6O2/c1-10-7-13-8(15-9(14-7)17-2)12-5-3-6(16)11-4-5/h5H,3-4H2,1-2H3,(H,11,16)(H2,10,12,13,14,15). The molecule has 1 atom stereocenters. The van der Waals surface area contributed by atoms with Crippen LogP contribution < -0.4 is 20.7 Å². The predicted molar refractivity (Wildman–Crippen MR) is 61.0 cm³/mol. The Morgan fingerprint density at radius 3 is 2.71 bits per heavy atom. The van der Waals surface area contributed by atoms with Crippen LogP contribution in [0.15, 0.2) is 0 Å². The van der Waals surface area contributed by atoms with Crippen molar-refractivity contribution in [3.63, 3.8) is 0 Å². The van der Waals surface area contributed by atoms with Crippen LogP contribution in [-0.2, 0) is 4.79 Å². The Morgan fingerprint density at radius 2 is 2.12 bits per heavy atom. The van der Waals surface area contributed by atoms with E-state index in [2.05, 4.69) is 30.9 Å². The summed E-state index contributed by atoms with van der Waals surface area (Å²) in [5.41, 5.74) is 0. The lowest BCUT2D eigenvalue weighted by molar-refractivity contribution is -0.119. The maximum absolute atomic E-state index is 11.0. The summed E-state index contributed by atoms with van der Waals surface area (Å²) in [5.74, 6) is 0.830. The molecule has 0 aliphatic carbocycles. The Kier molecular flexibility index (Phi) is 3.22. The van der Waals surface area contributed by atoms with Crippen LogP contribution in [0.25, 0.3) is 0 Å². The van der Waals surface area contributed by atoms with Gasteiger partial charge in [-0.05, 0) is 0 Å². The van der Waals surface area contributed by atoms with E-state index in [0.29, 0.717) is 24.9 Å². The molecule has 2 rings (SSSR count). The zero-order valence-corrected chi connectivity index (χ0v) is 9.65. The van der Waals surface area contributed by atoms with Gasteiger partial charge in [0.05, 0.1) is 13.2 Å². The molecule has 17 heavy (non-hydrogen) atoms. The molecule has 0 saturated carbocycles. The summed E-state index contributed by atoms with van der Waals surface area (Å²) in [4.78, 5) is 23.2. The molecule has 0 aromatic carbocycles. The number of hydrogen-bond acceptors (Lipinski definition) is 7. The molecule has 2 heterocycles. The van der Waals surface area contributed by atoms with E-state index < -0.39 is 0 Å². The van der Waals surface area contributed by atoms with Crippen molar-refractivity contribution in [3.8, 4) is 6.01 Å². The minimum Gasteiger partial charge on any atom is -0.467 e. The number of ether oxygens (including phenoxy) is 1. The van der Waals surface area contributed by atoms with E-state index in [1.807, 2.05) is 0 Å². The van der Waals surface area contributed by atoms with Gasteiger partial charge in [-0.2, -0.15) is 15.0 Å². The lowest BCUT2D eigenvalue weighted by atomic mass is 10.3. The topological polar surface area (TPSA) is 101 Å². The summed E-state index contributed by atoms with van der Waals surface area (Å²) < 4.78 is 4.96. The number of carbonyl (C=O) groups excluding carboxylic acids is 1. The highest BCUT2D eigenvalue weighted by molar-refractivity contribution is 5.79. The van der Waals surface area contributed by atoms with Gasteiger partial charge < -0.3 is 20.7 Å². The van der Waals surface area contributed by atoms with Crippen LogP contribution >= 0.6 is 0 Å². The number of methoxy groups -OCH3 is 1. The third-order valence-electron chi connectivity index (χ3n) is 2.33. The number of anilines is 2. The maximum atomic E-state index is 11.0. The summed E-state index contributed by atoms with van der Waals surface area (Å²) in [6, 6.07) is 0.225. The Labute approximate surface area is 98.2 Å². The monoisotopic (exact) mass is 238 g/mol. The van der Waals surface area contributed by atoms with Crippen LogP contribution in [0, 0.1) is 0 Å². The van der Waals surface area contributed by atoms with Gasteiger partial charge in [0.1, 0.15) is 0 Å². The molecule has 1 saturated heterocycles. The fraction of sp³-hybridized carbons (Fsp3) is 0.556. The van der Waals surface area contributed by atoms with E-state index in [1.54, 1.807) is 7.05 Å². The van der Waals surface area contributed by atoms with Gasteiger partial charge in [0.15, 0.2) is 0 Å². The second kappa shape index (κ2) is 4.81. The van der Waals surface area contributed by atoms with Crippen molar-refractivity contribution < 1.29 is 9.53 Å². The van der Waals surface area contributed by atoms with Crippen LogP contribution in [0.5, 0.6) is 6.01 Å². The van der Waals surface area contributed by atoms with E-state index in [1.165, 1.54) is 7.11 Å². The first-order chi connectivity index (χ1) is 8.21. The first-order valence-electron chi connectivity index (χ1n) is 5.22. The lowest BCUT2D eigenvalue weighted by Gasteiger charge is -2.11. The smallest absolute Gasteiger partial charge is 0.322 e. The molecule has 1 aromatic rings. The fourth-order valence-corrected chi connectivity index (χ4v) is 1.51. The Morgan fingerprint density at radius 1 is 1.35 bits per heavy atom. The molecule has 0 spiro atoms. The van der Waals surface area contributed by atoms with E-state index >= 15 is 0 Å². The molecule has 1 aliphatic heterocycles. The van der Waals surface area contributed by atoms with Gasteiger partial charge in [-0.1, -0.05) is 0 Å². The van der Waals surface area contributed by atoms with Crippen LogP contribution in [-0.4, -0.2) is 47.6 Å². The number of nitrogens with zero attached hydrogens (tertiary/aromatic N) is 3. The molecule has 0 radical (unpaired) electrons. The fourth-order valence-electron chi connectivity index (χ4n) is 1.51. The number of nitrogens with one attached hydrogen (secondary N) is 3. The maximum Gasteiger partial charge on any atom is 0.322 e. The molecular weight excluding hydrogens is 224 g/mol. The largest absolute Gasteiger partial charge is 0.467 e. The van der Waals surface area contributed by atoms with E-state index in [-0.39, 0.29) is 18.0 Å². The second-order valence-corrected chi connectivity index (χ2v) is 3.57. The molecule has 0 bridgehead atoms. The summed E-state index contributed by atoms with van der Waals surface area (Å²) in [5, 5.41) is 8.59. The van der Waals surface area contributed by atoms with E-state index in [0.717, 1.165) is 0 Å². The summed E-state index contributed by atoms with van der Waals surface area (Å²) in [6.45, 7) is 0.571. The number of aromatic nitrogens is 3. The van der Waals surface area contributed by atoms with Gasteiger partial charge in [0.25, 0.3) is 0 Å². The molecule has 8 heteroatoms. The minimum absolute atomic E-state index is 0.000637. The highest BCUT2D eigenvalue weighted by atomic mass is 16.5. The van der Waals surface area contributed by atoms with E-state index in [4.69, 9.17) is 4.74 Å². The highest BCUT2D eigenvalue weighted by Crippen LogP contribution is 2.13. The lowest BCUT2D eigenvalue weighted by Crippen LogP contribution is -2.24. The number of amides is 1. The Hall–Kier alpha value is -2.12. The molecule has 1 aliphatic rings. The molecule has 1 amide bonds. The van der Waals surface area contributed by atoms with Gasteiger partial charge in [0, 0.05) is 20.0 Å². The van der Waals surface area contributed by atoms with Crippen LogP contribution in [0.3, 0.4) is 0 Å². The summed E-state index contributed by atoms with van der Waals surface area (Å²) in [6.07, 6.45) is 0.420. The average molecular weight is 238 g/mol. The van der Waals surface area contributed by atoms with Crippen LogP contribution in [0.4, 0.5) is 11.9 Å². The first-order valence-corrected chi connectivity index (χ1v) is 5.22. The first kappa shape index (κ1) is 11.4. The minimum atomic E-state index is -0.000637. The van der Waals surface area contributed by atoms with Gasteiger partial charge in [-0.15, -0.1) is 0 Å². The quantitative estimate of drug-likeness (QED) is 0.632. The summed E-state index contributed by atoms with van der Waals surface area (Å²) in [7, 11) is 3.19. The van der Waals surface area contributed by atoms with Gasteiger partial charge in [-0.3, -0.25) is 4.79 Å². The normalized spacial score (nSPS) is 18.7. The highest BCUT2D eigenvalue weighted by Gasteiger charge is 2.22. The van der Waals surface area contributed by atoms with Crippen molar-refractivity contribution in [2.45, 2.75) is 12.5 Å². The third-order valence-corrected chi connectivity index (χ3v) is 2.33. The Bertz CT molecular complexity index is 402. The molecule has 1 fully saturated rings. The number of carbonyl (C=O) groups is 1. The SMILES string of the molecule is CNc1nc(NC2CNC(=O)C2)nc(OC)n1. The van der Waals surface area contributed by atoms with Gasteiger partial charge >= 0.3 is 6.01 Å². The second-order valence-electron chi connectivity index (χ2n) is 3.57. The molecule has 8 nitrogen and oxygen atoms in total. The van der Waals surface area contributed by atoms with Crippen molar-refractivity contribution in [2.75, 3.05) is 31.3 Å². The third kappa shape index (κ3) is 2.71. The van der Waals surface area contributed by atoms with Gasteiger partial charge in [0.2, 0.25) is 17.8 Å². The van der Waals surface area contributed by atoms with Crippen molar-refractivity contribution >= 4 is 17.8 Å². The molecule has 1 aromatic heterocycles. The zero-order valence-electron chi connectivity index (χ0n) is 9.65. The molecular formula is C9H14N6O2. The summed E-state index contributed by atoms with van der Waals surface area (Å²) >= 11 is 0. The van der Waals surface area contributed by atoms with Crippen molar-refractivity contribution in [1.29, 1.82) is 0 Å². The zero-order chi connectivity index (χ0) is 12.3. The number of rotatable bonds is 4. The Balaban J connectivity index is 2.11.